The molecule has 3 rings (SSSR count). The molecule has 2 N–H and O–H groups in total. The molecule has 1 saturated heterocycles. The number of carbonyl (C=O) groups is 3. The second-order valence-electron chi connectivity index (χ2n) is 8.09. The smallest absolute Gasteiger partial charge is 0.317 e. The van der Waals surface area contributed by atoms with Crippen molar-refractivity contribution in [2.24, 2.45) is 5.92 Å². The molecule has 3 fully saturated rings. The van der Waals surface area contributed by atoms with Crippen LogP contribution in [0.3, 0.4) is 0 Å². The van der Waals surface area contributed by atoms with Gasteiger partial charge in [-0.25, -0.2) is 0 Å². The van der Waals surface area contributed by atoms with Crippen molar-refractivity contribution >= 4 is 17.8 Å². The molecule has 7 nitrogen and oxygen atoms in total. The van der Waals surface area contributed by atoms with Crippen LogP contribution in [0.15, 0.2) is 0 Å². The highest BCUT2D eigenvalue weighted by Crippen LogP contribution is 2.34. The van der Waals surface area contributed by atoms with Crippen LogP contribution in [0.5, 0.6) is 0 Å². The Morgan fingerprint density at radius 3 is 2.54 bits per heavy atom. The summed E-state index contributed by atoms with van der Waals surface area (Å²) in [6.45, 7) is 3.60. The van der Waals surface area contributed by atoms with Gasteiger partial charge in [-0.2, -0.15) is 0 Å². The average molecular weight is 365 g/mol. The van der Waals surface area contributed by atoms with Crippen molar-refractivity contribution in [1.82, 2.24) is 15.1 Å². The highest BCUT2D eigenvalue weighted by molar-refractivity contribution is 5.88. The Hall–Kier alpha value is -1.63. The molecule has 0 aromatic heterocycles. The number of carboxylic acid groups (broad SMARTS) is 1. The third-order valence-corrected chi connectivity index (χ3v) is 5.84. The van der Waals surface area contributed by atoms with Crippen molar-refractivity contribution in [3.63, 3.8) is 0 Å². The predicted octanol–water partition coefficient (Wildman–Crippen LogP) is 1.22. The molecule has 0 aromatic carbocycles. The minimum absolute atomic E-state index is 0.0395. The van der Waals surface area contributed by atoms with E-state index in [9.17, 15) is 14.4 Å². The minimum atomic E-state index is -0.783. The largest absolute Gasteiger partial charge is 0.480 e. The molecular weight excluding hydrogens is 334 g/mol. The first-order valence-corrected chi connectivity index (χ1v) is 10.0. The van der Waals surface area contributed by atoms with Crippen LogP contribution in [0, 0.1) is 5.92 Å². The molecular formula is C19H31N3O4. The second-order valence-corrected chi connectivity index (χ2v) is 8.09. The van der Waals surface area contributed by atoms with Gasteiger partial charge in [0.05, 0.1) is 6.54 Å². The highest BCUT2D eigenvalue weighted by atomic mass is 16.4. The molecule has 0 radical (unpaired) electrons. The van der Waals surface area contributed by atoms with Crippen molar-refractivity contribution < 1.29 is 19.5 Å². The number of carboxylic acids is 1. The summed E-state index contributed by atoms with van der Waals surface area (Å²) < 4.78 is 0. The van der Waals surface area contributed by atoms with Crippen LogP contribution >= 0.6 is 0 Å². The van der Waals surface area contributed by atoms with E-state index in [1.54, 1.807) is 4.90 Å². The predicted molar refractivity (Wildman–Crippen MR) is 96.5 cm³/mol. The number of rotatable bonds is 9. The summed E-state index contributed by atoms with van der Waals surface area (Å²) in [4.78, 5) is 39.7. The second kappa shape index (κ2) is 8.37. The summed E-state index contributed by atoms with van der Waals surface area (Å²) in [6.07, 6.45) is 6.94. The summed E-state index contributed by atoms with van der Waals surface area (Å²) in [5, 5.41) is 12.2. The van der Waals surface area contributed by atoms with Crippen LogP contribution in [-0.4, -0.2) is 70.4 Å². The lowest BCUT2D eigenvalue weighted by molar-refractivity contribution is -0.140. The zero-order valence-corrected chi connectivity index (χ0v) is 15.7. The molecule has 1 heterocycles. The van der Waals surface area contributed by atoms with E-state index in [4.69, 9.17) is 5.11 Å². The van der Waals surface area contributed by atoms with E-state index < -0.39 is 5.97 Å². The molecule has 7 heteroatoms. The molecule has 2 amide bonds. The fourth-order valence-corrected chi connectivity index (χ4v) is 4.14. The first-order valence-electron chi connectivity index (χ1n) is 10.0. The Morgan fingerprint density at radius 2 is 1.92 bits per heavy atom. The van der Waals surface area contributed by atoms with Gasteiger partial charge in [-0.05, 0) is 50.9 Å². The first kappa shape index (κ1) is 19.1. The van der Waals surface area contributed by atoms with Crippen LogP contribution in [-0.2, 0) is 14.4 Å². The van der Waals surface area contributed by atoms with Crippen LogP contribution in [0.25, 0.3) is 0 Å². The molecule has 1 aliphatic heterocycles. The first-order chi connectivity index (χ1) is 12.5. The van der Waals surface area contributed by atoms with Gasteiger partial charge in [0, 0.05) is 31.6 Å². The number of nitrogens with one attached hydrogen (secondary N) is 1. The van der Waals surface area contributed by atoms with Crippen molar-refractivity contribution in [2.45, 2.75) is 76.4 Å². The van der Waals surface area contributed by atoms with E-state index >= 15 is 0 Å². The van der Waals surface area contributed by atoms with Gasteiger partial charge in [-0.3, -0.25) is 19.3 Å². The van der Waals surface area contributed by atoms with E-state index in [2.05, 4.69) is 10.2 Å². The molecule has 26 heavy (non-hydrogen) atoms. The maximum absolute atomic E-state index is 12.6. The molecule has 3 aliphatic rings. The summed E-state index contributed by atoms with van der Waals surface area (Å²) in [5.41, 5.74) is 0. The normalized spacial score (nSPS) is 28.1. The molecule has 0 aromatic rings. The summed E-state index contributed by atoms with van der Waals surface area (Å²) in [7, 11) is 0. The minimum Gasteiger partial charge on any atom is -0.480 e. The Morgan fingerprint density at radius 1 is 1.19 bits per heavy atom. The maximum atomic E-state index is 12.6. The van der Waals surface area contributed by atoms with Crippen molar-refractivity contribution in [1.29, 1.82) is 0 Å². The van der Waals surface area contributed by atoms with Crippen molar-refractivity contribution in [2.75, 3.05) is 19.6 Å². The van der Waals surface area contributed by atoms with Crippen molar-refractivity contribution in [3.8, 4) is 0 Å². The molecule has 0 bridgehead atoms. The molecule has 1 atom stereocenters. The zero-order valence-electron chi connectivity index (χ0n) is 15.7. The number of hydrogen-bond acceptors (Lipinski definition) is 4. The van der Waals surface area contributed by atoms with Crippen LogP contribution in [0.4, 0.5) is 0 Å². The lowest BCUT2D eigenvalue weighted by Gasteiger charge is -2.43. The van der Waals surface area contributed by atoms with Gasteiger partial charge in [-0.1, -0.05) is 6.92 Å². The molecule has 146 valence electrons. The maximum Gasteiger partial charge on any atom is 0.317 e. The number of likely N-dealkylation sites (tertiary alicyclic amines) is 1. The van der Waals surface area contributed by atoms with E-state index in [-0.39, 0.29) is 36.5 Å². The number of nitrogens with zero attached hydrogens (tertiary/aromatic N) is 2. The van der Waals surface area contributed by atoms with Gasteiger partial charge >= 0.3 is 5.97 Å². The Kier molecular flexibility index (Phi) is 6.16. The van der Waals surface area contributed by atoms with Gasteiger partial charge in [0.1, 0.15) is 6.04 Å². The Labute approximate surface area is 155 Å². The van der Waals surface area contributed by atoms with Gasteiger partial charge in [-0.15, -0.1) is 0 Å². The lowest BCUT2D eigenvalue weighted by atomic mass is 9.85. The van der Waals surface area contributed by atoms with E-state index in [1.807, 2.05) is 6.92 Å². The van der Waals surface area contributed by atoms with E-state index in [0.29, 0.717) is 18.9 Å². The van der Waals surface area contributed by atoms with Gasteiger partial charge in [0.2, 0.25) is 11.8 Å². The van der Waals surface area contributed by atoms with Crippen molar-refractivity contribution in [3.05, 3.63) is 0 Å². The summed E-state index contributed by atoms with van der Waals surface area (Å²) in [5.74, 6) is -0.0927. The van der Waals surface area contributed by atoms with Crippen LogP contribution in [0.1, 0.15) is 58.3 Å². The van der Waals surface area contributed by atoms with E-state index in [1.165, 1.54) is 12.8 Å². The zero-order chi connectivity index (χ0) is 18.7. The quantitative estimate of drug-likeness (QED) is 0.641. The summed E-state index contributed by atoms with van der Waals surface area (Å²) >= 11 is 0. The Balaban J connectivity index is 1.45. The highest BCUT2D eigenvalue weighted by Gasteiger charge is 2.40. The standard InChI is InChI=1S/C19H31N3O4/c1-2-4-17(23)22-8-3-5-16(22)19(26)20-14-9-15(10-14)21(12-18(24)25)11-13-6-7-13/h13-16H,2-12H2,1H3,(H,20,26)(H,24,25). The molecule has 2 saturated carbocycles. The molecule has 1 unspecified atom stereocenters. The topological polar surface area (TPSA) is 90.0 Å². The van der Waals surface area contributed by atoms with Gasteiger partial charge in [0.25, 0.3) is 0 Å². The number of amides is 2. The number of aliphatic carboxylic acids is 1. The lowest BCUT2D eigenvalue weighted by Crippen LogP contribution is -2.57. The average Bonchev–Trinajstić information content (AvgIpc) is 3.21. The Bertz CT molecular complexity index is 543. The van der Waals surface area contributed by atoms with Crippen LogP contribution in [0.2, 0.25) is 0 Å². The third-order valence-electron chi connectivity index (χ3n) is 5.84. The SMILES string of the molecule is CCCC(=O)N1CCCC1C(=O)NC1CC(N(CC(=O)O)CC2CC2)C1. The van der Waals surface area contributed by atoms with Gasteiger partial charge < -0.3 is 15.3 Å². The van der Waals surface area contributed by atoms with E-state index in [0.717, 1.165) is 38.6 Å². The number of carbonyl (C=O) groups excluding carboxylic acids is 2. The summed E-state index contributed by atoms with van der Waals surface area (Å²) in [6, 6.07) is 0.0276. The number of hydrogen-bond donors (Lipinski definition) is 2. The third kappa shape index (κ3) is 4.75. The molecule has 2 aliphatic carbocycles. The fraction of sp³-hybridized carbons (Fsp3) is 0.842. The van der Waals surface area contributed by atoms with Gasteiger partial charge in [0.15, 0.2) is 0 Å². The van der Waals surface area contributed by atoms with Crippen LogP contribution < -0.4 is 5.32 Å². The molecule has 0 spiro atoms. The monoisotopic (exact) mass is 365 g/mol. The fourth-order valence-electron chi connectivity index (χ4n) is 4.14.